The molecule has 0 aliphatic carbocycles. The maximum absolute atomic E-state index is 12.4. The summed E-state index contributed by atoms with van der Waals surface area (Å²) < 4.78 is 6.04. The normalized spacial score (nSPS) is 13.4. The van der Waals surface area contributed by atoms with Crippen molar-refractivity contribution in [2.75, 3.05) is 23.9 Å². The summed E-state index contributed by atoms with van der Waals surface area (Å²) in [5.74, 6) is 0.188. The second-order valence-electron chi connectivity index (χ2n) is 5.65. The molecule has 5 nitrogen and oxygen atoms in total. The van der Waals surface area contributed by atoms with E-state index in [1.165, 1.54) is 12.0 Å². The molecule has 1 N–H and O–H groups in total. The highest BCUT2D eigenvalue weighted by Crippen LogP contribution is 2.31. The third-order valence-corrected chi connectivity index (χ3v) is 4.77. The molecule has 0 saturated carbocycles. The first-order chi connectivity index (χ1) is 12.0. The predicted octanol–water partition coefficient (Wildman–Crippen LogP) is 4.03. The van der Waals surface area contributed by atoms with Crippen LogP contribution in [0.2, 0.25) is 5.02 Å². The average molecular weight is 424 g/mol. The Labute approximate surface area is 159 Å². The van der Waals surface area contributed by atoms with Gasteiger partial charge >= 0.3 is 0 Å². The summed E-state index contributed by atoms with van der Waals surface area (Å²) in [6.07, 6.45) is 1.07. The van der Waals surface area contributed by atoms with E-state index in [-0.39, 0.29) is 18.4 Å². The van der Waals surface area contributed by atoms with Gasteiger partial charge in [-0.3, -0.25) is 9.59 Å². The number of hydrogen-bond acceptors (Lipinski definition) is 3. The van der Waals surface area contributed by atoms with Crippen molar-refractivity contribution in [3.8, 4) is 5.75 Å². The Balaban J connectivity index is 1.75. The van der Waals surface area contributed by atoms with Crippen molar-refractivity contribution < 1.29 is 14.3 Å². The first-order valence-corrected chi connectivity index (χ1v) is 8.87. The first-order valence-electron chi connectivity index (χ1n) is 7.70. The molecule has 0 unspecified atom stereocenters. The van der Waals surface area contributed by atoms with Gasteiger partial charge in [0.1, 0.15) is 12.3 Å². The number of anilines is 2. The van der Waals surface area contributed by atoms with E-state index in [1.807, 2.05) is 18.2 Å². The van der Waals surface area contributed by atoms with Gasteiger partial charge in [-0.2, -0.15) is 0 Å². The zero-order chi connectivity index (χ0) is 18.0. The highest BCUT2D eigenvalue weighted by Gasteiger charge is 2.26. The van der Waals surface area contributed by atoms with Gasteiger partial charge in [0.25, 0.3) is 0 Å². The SMILES string of the molecule is COc1ccc(NC(=O)CN2C(=O)CCc3cc(Br)ccc32)cc1Cl. The molecule has 0 aromatic heterocycles. The molecule has 25 heavy (non-hydrogen) atoms. The minimum Gasteiger partial charge on any atom is -0.495 e. The third-order valence-electron chi connectivity index (χ3n) is 3.98. The van der Waals surface area contributed by atoms with Crippen LogP contribution in [0.1, 0.15) is 12.0 Å². The lowest BCUT2D eigenvalue weighted by atomic mass is 10.0. The van der Waals surface area contributed by atoms with Crippen LogP contribution in [0, 0.1) is 0 Å². The maximum atomic E-state index is 12.4. The number of halogens is 2. The fourth-order valence-electron chi connectivity index (χ4n) is 2.79. The molecule has 7 heteroatoms. The second-order valence-corrected chi connectivity index (χ2v) is 6.97. The van der Waals surface area contributed by atoms with Crippen molar-refractivity contribution in [3.63, 3.8) is 0 Å². The number of hydrogen-bond donors (Lipinski definition) is 1. The summed E-state index contributed by atoms with van der Waals surface area (Å²) in [6, 6.07) is 10.7. The van der Waals surface area contributed by atoms with Gasteiger partial charge in [-0.05, 0) is 48.4 Å². The lowest BCUT2D eigenvalue weighted by Crippen LogP contribution is -2.40. The summed E-state index contributed by atoms with van der Waals surface area (Å²) in [7, 11) is 1.53. The Morgan fingerprint density at radius 1 is 1.28 bits per heavy atom. The molecule has 2 aromatic carbocycles. The van der Waals surface area contributed by atoms with Crippen molar-refractivity contribution in [1.82, 2.24) is 0 Å². The molecule has 1 aliphatic heterocycles. The van der Waals surface area contributed by atoms with Crippen molar-refractivity contribution >= 4 is 50.7 Å². The summed E-state index contributed by atoms with van der Waals surface area (Å²) in [5, 5.41) is 3.17. The zero-order valence-electron chi connectivity index (χ0n) is 13.5. The smallest absolute Gasteiger partial charge is 0.244 e. The van der Waals surface area contributed by atoms with E-state index in [9.17, 15) is 9.59 Å². The highest BCUT2D eigenvalue weighted by atomic mass is 79.9. The number of carbonyl (C=O) groups is 2. The highest BCUT2D eigenvalue weighted by molar-refractivity contribution is 9.10. The van der Waals surface area contributed by atoms with Crippen LogP contribution in [0.4, 0.5) is 11.4 Å². The van der Waals surface area contributed by atoms with Gasteiger partial charge in [0.2, 0.25) is 11.8 Å². The lowest BCUT2D eigenvalue weighted by Gasteiger charge is -2.29. The summed E-state index contributed by atoms with van der Waals surface area (Å²) >= 11 is 9.50. The van der Waals surface area contributed by atoms with Crippen LogP contribution in [0.25, 0.3) is 0 Å². The van der Waals surface area contributed by atoms with E-state index < -0.39 is 0 Å². The first kappa shape index (κ1) is 17.8. The van der Waals surface area contributed by atoms with Crippen LogP contribution in [-0.2, 0) is 16.0 Å². The van der Waals surface area contributed by atoms with Crippen LogP contribution in [0.5, 0.6) is 5.75 Å². The van der Waals surface area contributed by atoms with Gasteiger partial charge in [0, 0.05) is 22.3 Å². The molecule has 0 saturated heterocycles. The van der Waals surface area contributed by atoms with E-state index in [0.29, 0.717) is 29.3 Å². The Morgan fingerprint density at radius 2 is 2.08 bits per heavy atom. The molecule has 0 fully saturated rings. The molecule has 0 radical (unpaired) electrons. The van der Waals surface area contributed by atoms with Gasteiger partial charge in [-0.25, -0.2) is 0 Å². The van der Waals surface area contributed by atoms with E-state index in [1.54, 1.807) is 18.2 Å². The number of amides is 2. The Morgan fingerprint density at radius 3 is 2.80 bits per heavy atom. The van der Waals surface area contributed by atoms with Gasteiger partial charge < -0.3 is 15.0 Å². The van der Waals surface area contributed by atoms with Crippen LogP contribution in [0.15, 0.2) is 40.9 Å². The monoisotopic (exact) mass is 422 g/mol. The number of rotatable bonds is 4. The Bertz CT molecular complexity index is 841. The number of aryl methyl sites for hydroxylation is 1. The fraction of sp³-hybridized carbons (Fsp3) is 0.222. The average Bonchev–Trinajstić information content (AvgIpc) is 2.57. The topological polar surface area (TPSA) is 58.6 Å². The van der Waals surface area contributed by atoms with Gasteiger partial charge in [-0.1, -0.05) is 27.5 Å². The van der Waals surface area contributed by atoms with Crippen LogP contribution >= 0.6 is 27.5 Å². The minimum absolute atomic E-state index is 0.0445. The molecule has 0 atom stereocenters. The molecule has 0 spiro atoms. The molecule has 130 valence electrons. The van der Waals surface area contributed by atoms with E-state index in [2.05, 4.69) is 21.2 Å². The summed E-state index contributed by atoms with van der Waals surface area (Å²) in [5.41, 5.74) is 2.38. The summed E-state index contributed by atoms with van der Waals surface area (Å²) in [6.45, 7) is -0.0445. The molecular weight excluding hydrogens is 408 g/mol. The van der Waals surface area contributed by atoms with Crippen molar-refractivity contribution in [1.29, 1.82) is 0 Å². The fourth-order valence-corrected chi connectivity index (χ4v) is 3.46. The molecule has 3 rings (SSSR count). The zero-order valence-corrected chi connectivity index (χ0v) is 15.9. The standard InChI is InChI=1S/C18H16BrClN2O3/c1-25-16-6-4-13(9-14(16)20)21-17(23)10-22-15-5-3-12(19)8-11(15)2-7-18(22)24/h3-6,8-9H,2,7,10H2,1H3,(H,21,23). The molecule has 2 amide bonds. The van der Waals surface area contributed by atoms with E-state index >= 15 is 0 Å². The van der Waals surface area contributed by atoms with Crippen molar-refractivity contribution in [2.24, 2.45) is 0 Å². The minimum atomic E-state index is -0.287. The number of ether oxygens (including phenoxy) is 1. The van der Waals surface area contributed by atoms with E-state index in [4.69, 9.17) is 16.3 Å². The number of carbonyl (C=O) groups excluding carboxylic acids is 2. The van der Waals surface area contributed by atoms with Gasteiger partial charge in [0.05, 0.1) is 12.1 Å². The second kappa shape index (κ2) is 7.45. The number of methoxy groups -OCH3 is 1. The lowest BCUT2D eigenvalue weighted by molar-refractivity contribution is -0.121. The van der Waals surface area contributed by atoms with Crippen LogP contribution < -0.4 is 15.0 Å². The van der Waals surface area contributed by atoms with E-state index in [0.717, 1.165) is 15.7 Å². The van der Waals surface area contributed by atoms with Gasteiger partial charge in [-0.15, -0.1) is 0 Å². The predicted molar refractivity (Wildman–Crippen MR) is 101 cm³/mol. The number of fused-ring (bicyclic) bond motifs is 1. The van der Waals surface area contributed by atoms with Gasteiger partial charge in [0.15, 0.2) is 0 Å². The largest absolute Gasteiger partial charge is 0.495 e. The molecule has 1 aliphatic rings. The number of nitrogens with zero attached hydrogens (tertiary/aromatic N) is 1. The third kappa shape index (κ3) is 3.96. The molecule has 2 aromatic rings. The van der Waals surface area contributed by atoms with Crippen molar-refractivity contribution in [3.05, 3.63) is 51.5 Å². The molecular formula is C18H16BrClN2O3. The summed E-state index contributed by atoms with van der Waals surface area (Å²) in [4.78, 5) is 26.2. The molecule has 1 heterocycles. The molecule has 0 bridgehead atoms. The van der Waals surface area contributed by atoms with Crippen LogP contribution in [-0.4, -0.2) is 25.5 Å². The quantitative estimate of drug-likeness (QED) is 0.808. The number of benzene rings is 2. The Hall–Kier alpha value is -2.05. The maximum Gasteiger partial charge on any atom is 0.244 e. The van der Waals surface area contributed by atoms with Crippen molar-refractivity contribution in [2.45, 2.75) is 12.8 Å². The Kier molecular flexibility index (Phi) is 5.30. The number of nitrogens with one attached hydrogen (secondary N) is 1. The van der Waals surface area contributed by atoms with Crippen LogP contribution in [0.3, 0.4) is 0 Å².